The quantitative estimate of drug-likeness (QED) is 0.818. The molecule has 1 aliphatic carbocycles. The molecule has 1 aromatic rings. The summed E-state index contributed by atoms with van der Waals surface area (Å²) >= 11 is 0. The smallest absolute Gasteiger partial charge is 0.123 e. The third-order valence-corrected chi connectivity index (χ3v) is 3.77. The van der Waals surface area contributed by atoms with E-state index in [1.165, 1.54) is 31.4 Å². The molecule has 0 heterocycles. The van der Waals surface area contributed by atoms with Crippen LogP contribution in [0.3, 0.4) is 0 Å². The van der Waals surface area contributed by atoms with E-state index in [1.807, 2.05) is 12.1 Å². The summed E-state index contributed by atoms with van der Waals surface area (Å²) in [6.45, 7) is 5.53. The summed E-state index contributed by atoms with van der Waals surface area (Å²) in [5, 5.41) is 3.54. The molecular weight excluding hydrogens is 201 g/mol. The van der Waals surface area contributed by atoms with Gasteiger partial charge >= 0.3 is 0 Å². The number of nitrogens with one attached hydrogen (secondary N) is 1. The van der Waals surface area contributed by atoms with Gasteiger partial charge in [-0.05, 0) is 42.9 Å². The van der Waals surface area contributed by atoms with E-state index in [0.717, 1.165) is 12.1 Å². The Bertz CT molecular complexity index is 340. The summed E-state index contributed by atoms with van der Waals surface area (Å²) < 4.78 is 12.8. The van der Waals surface area contributed by atoms with Gasteiger partial charge in [-0.25, -0.2) is 4.39 Å². The molecule has 0 bridgehead atoms. The average Bonchev–Trinajstić information content (AvgIpc) is 2.24. The maximum atomic E-state index is 12.8. The van der Waals surface area contributed by atoms with Crippen molar-refractivity contribution in [2.45, 2.75) is 39.2 Å². The van der Waals surface area contributed by atoms with E-state index in [4.69, 9.17) is 0 Å². The Morgan fingerprint density at radius 1 is 1.31 bits per heavy atom. The van der Waals surface area contributed by atoms with Crippen LogP contribution in [0.25, 0.3) is 0 Å². The minimum atomic E-state index is -0.165. The Morgan fingerprint density at radius 2 is 1.94 bits per heavy atom. The molecule has 1 atom stereocenters. The van der Waals surface area contributed by atoms with Crippen LogP contribution in [0, 0.1) is 11.2 Å². The van der Waals surface area contributed by atoms with E-state index >= 15 is 0 Å². The fraction of sp³-hybridized carbons (Fsp3) is 0.571. The van der Waals surface area contributed by atoms with Crippen molar-refractivity contribution in [2.75, 3.05) is 6.54 Å². The van der Waals surface area contributed by atoms with Crippen molar-refractivity contribution >= 4 is 0 Å². The zero-order valence-corrected chi connectivity index (χ0v) is 10.1. The monoisotopic (exact) mass is 221 g/mol. The zero-order chi connectivity index (χ0) is 11.6. The van der Waals surface area contributed by atoms with Gasteiger partial charge in [0.05, 0.1) is 0 Å². The molecule has 0 saturated heterocycles. The Labute approximate surface area is 97.1 Å². The number of rotatable bonds is 4. The van der Waals surface area contributed by atoms with Gasteiger partial charge in [0, 0.05) is 12.6 Å². The molecule has 0 aliphatic heterocycles. The van der Waals surface area contributed by atoms with Crippen molar-refractivity contribution in [1.29, 1.82) is 0 Å². The van der Waals surface area contributed by atoms with Gasteiger partial charge in [-0.2, -0.15) is 0 Å². The lowest BCUT2D eigenvalue weighted by atomic mass is 9.70. The van der Waals surface area contributed by atoms with Gasteiger partial charge in [-0.3, -0.25) is 0 Å². The second-order valence-electron chi connectivity index (χ2n) is 5.32. The lowest BCUT2D eigenvalue weighted by Gasteiger charge is -2.39. The largest absolute Gasteiger partial charge is 0.310 e. The first-order chi connectivity index (χ1) is 7.59. The van der Waals surface area contributed by atoms with Crippen LogP contribution in [0.4, 0.5) is 4.39 Å². The fourth-order valence-electron chi connectivity index (χ4n) is 2.23. The van der Waals surface area contributed by atoms with Gasteiger partial charge in [0.1, 0.15) is 5.82 Å². The zero-order valence-electron chi connectivity index (χ0n) is 10.1. The highest BCUT2D eigenvalue weighted by Gasteiger charge is 2.31. The van der Waals surface area contributed by atoms with Crippen LogP contribution in [0.2, 0.25) is 0 Å². The molecule has 1 aromatic carbocycles. The number of benzene rings is 1. The fourth-order valence-corrected chi connectivity index (χ4v) is 2.23. The highest BCUT2D eigenvalue weighted by Crippen LogP contribution is 2.39. The third kappa shape index (κ3) is 2.62. The van der Waals surface area contributed by atoms with E-state index in [0.29, 0.717) is 11.5 Å². The van der Waals surface area contributed by atoms with E-state index in [1.54, 1.807) is 0 Å². The summed E-state index contributed by atoms with van der Waals surface area (Å²) in [5.74, 6) is -0.165. The standard InChI is InChI=1S/C14H20FN/c1-11(12-4-6-13(15)7-5-12)16-10-14(2)8-3-9-14/h4-7,11,16H,3,8-10H2,1-2H3. The molecule has 2 rings (SSSR count). The second-order valence-corrected chi connectivity index (χ2v) is 5.32. The van der Waals surface area contributed by atoms with Crippen LogP contribution in [0.1, 0.15) is 44.7 Å². The lowest BCUT2D eigenvalue weighted by molar-refractivity contribution is 0.152. The van der Waals surface area contributed by atoms with Crippen molar-refractivity contribution in [2.24, 2.45) is 5.41 Å². The molecule has 0 aromatic heterocycles. The van der Waals surface area contributed by atoms with Gasteiger partial charge in [-0.1, -0.05) is 25.5 Å². The van der Waals surface area contributed by atoms with E-state index < -0.39 is 0 Å². The second kappa shape index (κ2) is 4.54. The number of hydrogen-bond acceptors (Lipinski definition) is 1. The molecule has 1 aliphatic rings. The average molecular weight is 221 g/mol. The van der Waals surface area contributed by atoms with Gasteiger partial charge in [-0.15, -0.1) is 0 Å². The predicted octanol–water partition coefficient (Wildman–Crippen LogP) is 3.67. The van der Waals surface area contributed by atoms with E-state index in [9.17, 15) is 4.39 Å². The molecule has 1 N–H and O–H groups in total. The first-order valence-electron chi connectivity index (χ1n) is 6.08. The minimum Gasteiger partial charge on any atom is -0.310 e. The van der Waals surface area contributed by atoms with E-state index in [-0.39, 0.29) is 5.82 Å². The summed E-state index contributed by atoms with van der Waals surface area (Å²) in [6.07, 6.45) is 4.02. The molecule has 1 saturated carbocycles. The molecule has 0 amide bonds. The molecular formula is C14H20FN. The van der Waals surface area contributed by atoms with Crippen LogP contribution in [-0.4, -0.2) is 6.54 Å². The summed E-state index contributed by atoms with van der Waals surface area (Å²) in [5.41, 5.74) is 1.65. The Balaban J connectivity index is 1.87. The molecule has 0 radical (unpaired) electrons. The van der Waals surface area contributed by atoms with Gasteiger partial charge in [0.15, 0.2) is 0 Å². The van der Waals surface area contributed by atoms with Crippen molar-refractivity contribution in [3.8, 4) is 0 Å². The van der Waals surface area contributed by atoms with E-state index in [2.05, 4.69) is 19.2 Å². The van der Waals surface area contributed by atoms with Crippen LogP contribution in [0.15, 0.2) is 24.3 Å². The molecule has 16 heavy (non-hydrogen) atoms. The van der Waals surface area contributed by atoms with Crippen molar-refractivity contribution in [1.82, 2.24) is 5.32 Å². The predicted molar refractivity (Wildman–Crippen MR) is 64.8 cm³/mol. The number of halogens is 1. The number of hydrogen-bond donors (Lipinski definition) is 1. The Hall–Kier alpha value is -0.890. The summed E-state index contributed by atoms with van der Waals surface area (Å²) in [4.78, 5) is 0. The first kappa shape index (κ1) is 11.6. The van der Waals surface area contributed by atoms with Crippen molar-refractivity contribution in [3.05, 3.63) is 35.6 Å². The van der Waals surface area contributed by atoms with Crippen LogP contribution >= 0.6 is 0 Å². The normalized spacial score (nSPS) is 20.2. The van der Waals surface area contributed by atoms with Crippen LogP contribution in [0.5, 0.6) is 0 Å². The van der Waals surface area contributed by atoms with Crippen molar-refractivity contribution in [3.63, 3.8) is 0 Å². The molecule has 88 valence electrons. The maximum Gasteiger partial charge on any atom is 0.123 e. The highest BCUT2D eigenvalue weighted by atomic mass is 19.1. The first-order valence-corrected chi connectivity index (χ1v) is 6.08. The SMILES string of the molecule is CC(NCC1(C)CCC1)c1ccc(F)cc1. The minimum absolute atomic E-state index is 0.165. The highest BCUT2D eigenvalue weighted by molar-refractivity contribution is 5.19. The Morgan fingerprint density at radius 3 is 2.44 bits per heavy atom. The summed E-state index contributed by atoms with van der Waals surface area (Å²) in [7, 11) is 0. The topological polar surface area (TPSA) is 12.0 Å². The van der Waals surface area contributed by atoms with Crippen LogP contribution < -0.4 is 5.32 Å². The molecule has 1 unspecified atom stereocenters. The summed E-state index contributed by atoms with van der Waals surface area (Å²) in [6, 6.07) is 7.07. The third-order valence-electron chi connectivity index (χ3n) is 3.77. The molecule has 2 heteroatoms. The van der Waals surface area contributed by atoms with Gasteiger partial charge in [0.2, 0.25) is 0 Å². The molecule has 0 spiro atoms. The van der Waals surface area contributed by atoms with Crippen molar-refractivity contribution < 1.29 is 4.39 Å². The Kier molecular flexibility index (Phi) is 3.29. The lowest BCUT2D eigenvalue weighted by Crippen LogP contribution is -2.38. The maximum absolute atomic E-state index is 12.8. The molecule has 1 nitrogen and oxygen atoms in total. The van der Waals surface area contributed by atoms with Gasteiger partial charge < -0.3 is 5.32 Å². The molecule has 1 fully saturated rings. The van der Waals surface area contributed by atoms with Gasteiger partial charge in [0.25, 0.3) is 0 Å². The van der Waals surface area contributed by atoms with Crippen LogP contribution in [-0.2, 0) is 0 Å².